The first kappa shape index (κ1) is 27.8. The van der Waals surface area contributed by atoms with E-state index in [1.54, 1.807) is 7.11 Å². The number of nitrogens with one attached hydrogen (secondary N) is 1. The van der Waals surface area contributed by atoms with Crippen LogP contribution in [-0.4, -0.2) is 61.6 Å². The summed E-state index contributed by atoms with van der Waals surface area (Å²) in [6.07, 6.45) is 4.45. The Morgan fingerprint density at radius 3 is 2.60 bits per heavy atom. The molecule has 4 heterocycles. The number of fused-ring (bicyclic) bond motifs is 4. The van der Waals surface area contributed by atoms with Crippen molar-refractivity contribution in [1.29, 1.82) is 0 Å². The van der Waals surface area contributed by atoms with E-state index in [0.29, 0.717) is 29.7 Å². The highest BCUT2D eigenvalue weighted by Crippen LogP contribution is 2.40. The lowest BCUT2D eigenvalue weighted by Gasteiger charge is -2.27. The fraction of sp³-hybridized carbons (Fsp3) is 0.371. The highest BCUT2D eigenvalue weighted by atomic mass is 16.5. The maximum Gasteiger partial charge on any atom is 0.254 e. The smallest absolute Gasteiger partial charge is 0.254 e. The third-order valence-electron chi connectivity index (χ3n) is 9.90. The molecule has 2 aromatic carbocycles. The minimum Gasteiger partial charge on any atom is -0.494 e. The molecule has 0 radical (unpaired) electrons. The first-order chi connectivity index (χ1) is 21.8. The Balaban J connectivity index is 1.22. The van der Waals surface area contributed by atoms with Gasteiger partial charge in [0, 0.05) is 61.3 Å². The summed E-state index contributed by atoms with van der Waals surface area (Å²) in [6, 6.07) is 17.9. The van der Waals surface area contributed by atoms with Crippen molar-refractivity contribution in [3.63, 3.8) is 0 Å². The van der Waals surface area contributed by atoms with Crippen molar-refractivity contribution in [3.05, 3.63) is 60.2 Å². The van der Waals surface area contributed by atoms with Gasteiger partial charge in [0.05, 0.1) is 24.0 Å². The van der Waals surface area contributed by atoms with Gasteiger partial charge < -0.3 is 29.8 Å². The van der Waals surface area contributed by atoms with Gasteiger partial charge in [-0.1, -0.05) is 12.1 Å². The van der Waals surface area contributed by atoms with Crippen LogP contribution in [0.3, 0.4) is 0 Å². The van der Waals surface area contributed by atoms with E-state index in [1.165, 1.54) is 19.8 Å². The van der Waals surface area contributed by atoms with Crippen LogP contribution in [0.2, 0.25) is 0 Å². The lowest BCUT2D eigenvalue weighted by atomic mass is 10.1. The number of imidazole rings is 1. The maximum atomic E-state index is 13.7. The molecule has 2 aliphatic carbocycles. The molecule has 2 bridgehead atoms. The van der Waals surface area contributed by atoms with Crippen molar-refractivity contribution in [1.82, 2.24) is 24.0 Å². The van der Waals surface area contributed by atoms with Gasteiger partial charge in [0.15, 0.2) is 5.82 Å². The van der Waals surface area contributed by atoms with Crippen molar-refractivity contribution in [2.24, 2.45) is 24.6 Å². The van der Waals surface area contributed by atoms with Gasteiger partial charge in [-0.3, -0.25) is 9.59 Å². The summed E-state index contributed by atoms with van der Waals surface area (Å²) in [6.45, 7) is 3.07. The molecule has 1 saturated heterocycles. The first-order valence-corrected chi connectivity index (χ1v) is 15.8. The number of carbonyl (C=O) groups excluding carboxylic acids is 2. The largest absolute Gasteiger partial charge is 0.494 e. The van der Waals surface area contributed by atoms with Crippen LogP contribution in [0.1, 0.15) is 43.0 Å². The predicted molar refractivity (Wildman–Crippen MR) is 174 cm³/mol. The number of nitrogens with zero attached hydrogens (tertiary/aromatic N) is 5. The van der Waals surface area contributed by atoms with Crippen molar-refractivity contribution < 1.29 is 14.3 Å². The zero-order valence-corrected chi connectivity index (χ0v) is 25.8. The summed E-state index contributed by atoms with van der Waals surface area (Å²) in [5.41, 5.74) is 12.9. The van der Waals surface area contributed by atoms with Crippen LogP contribution < -0.4 is 15.8 Å². The van der Waals surface area contributed by atoms with E-state index in [4.69, 9.17) is 20.4 Å². The Hall–Kier alpha value is -4.70. The van der Waals surface area contributed by atoms with E-state index < -0.39 is 0 Å². The van der Waals surface area contributed by atoms with E-state index in [1.807, 2.05) is 54.4 Å². The number of likely N-dealkylation sites (tertiary alicyclic amines) is 1. The van der Waals surface area contributed by atoms with Crippen LogP contribution in [0.15, 0.2) is 54.6 Å². The van der Waals surface area contributed by atoms with Crippen molar-refractivity contribution in [2.75, 3.05) is 19.0 Å². The van der Waals surface area contributed by atoms with Gasteiger partial charge in [-0.25, -0.2) is 9.97 Å². The second kappa shape index (κ2) is 10.4. The minimum atomic E-state index is -0.110. The number of benzene rings is 2. The van der Waals surface area contributed by atoms with Crippen LogP contribution in [-0.2, 0) is 18.4 Å². The SMILES string of the molecule is COc1cc(C(=O)N2CC3CCC2[C@@H]3N)cc2nc(-c3cc4ccc(-c5cccc(NC(C)=O)c5)nc4n3CC3CC3)n(C)c12. The molecule has 3 aliphatic rings. The lowest BCUT2D eigenvalue weighted by molar-refractivity contribution is -0.114. The Kier molecular flexibility index (Phi) is 6.46. The summed E-state index contributed by atoms with van der Waals surface area (Å²) in [4.78, 5) is 37.6. The molecule has 45 heavy (non-hydrogen) atoms. The second-order valence-corrected chi connectivity index (χ2v) is 12.9. The third-order valence-corrected chi connectivity index (χ3v) is 9.90. The van der Waals surface area contributed by atoms with Gasteiger partial charge in [0.2, 0.25) is 5.91 Å². The van der Waals surface area contributed by atoms with Crippen molar-refractivity contribution >= 4 is 39.6 Å². The molecule has 3 N–H and O–H groups in total. The monoisotopic (exact) mass is 603 g/mol. The Bertz CT molecular complexity index is 2010. The molecule has 10 heteroatoms. The van der Waals surface area contributed by atoms with E-state index >= 15 is 0 Å². The molecule has 1 aliphatic heterocycles. The molecule has 2 unspecified atom stereocenters. The predicted octanol–water partition coefficient (Wildman–Crippen LogP) is 5.20. The average Bonchev–Trinajstić information content (AvgIpc) is 3.44. The molecule has 2 amide bonds. The average molecular weight is 604 g/mol. The third kappa shape index (κ3) is 4.66. The van der Waals surface area contributed by atoms with E-state index in [-0.39, 0.29) is 23.9 Å². The van der Waals surface area contributed by atoms with Crippen molar-refractivity contribution in [3.8, 4) is 28.5 Å². The van der Waals surface area contributed by atoms with Gasteiger partial charge in [0.1, 0.15) is 16.9 Å². The number of carbonyl (C=O) groups is 2. The number of rotatable bonds is 7. The first-order valence-electron chi connectivity index (χ1n) is 15.8. The summed E-state index contributed by atoms with van der Waals surface area (Å²) >= 11 is 0. The Labute approximate surface area is 261 Å². The molecule has 3 fully saturated rings. The maximum absolute atomic E-state index is 13.7. The lowest BCUT2D eigenvalue weighted by Crippen LogP contribution is -2.41. The van der Waals surface area contributed by atoms with Gasteiger partial charge in [-0.05, 0) is 80.0 Å². The molecule has 230 valence electrons. The fourth-order valence-corrected chi connectivity index (χ4v) is 7.44. The highest BCUT2D eigenvalue weighted by Gasteiger charge is 2.47. The number of ether oxygens (including phenoxy) is 1. The quantitative estimate of drug-likeness (QED) is 0.264. The molecular formula is C35H37N7O3. The molecule has 5 aromatic rings. The van der Waals surface area contributed by atoms with Crippen LogP contribution in [0.4, 0.5) is 5.69 Å². The van der Waals surface area contributed by atoms with E-state index in [2.05, 4.69) is 26.6 Å². The van der Waals surface area contributed by atoms with Gasteiger partial charge in [0.25, 0.3) is 5.91 Å². The molecule has 3 atom stereocenters. The summed E-state index contributed by atoms with van der Waals surface area (Å²) in [5, 5.41) is 3.90. The normalized spacial score (nSPS) is 20.8. The highest BCUT2D eigenvalue weighted by molar-refractivity contribution is 6.00. The van der Waals surface area contributed by atoms with E-state index in [9.17, 15) is 9.59 Å². The van der Waals surface area contributed by atoms with Crippen LogP contribution in [0.5, 0.6) is 5.75 Å². The van der Waals surface area contributed by atoms with E-state index in [0.717, 1.165) is 69.9 Å². The molecule has 8 rings (SSSR count). The summed E-state index contributed by atoms with van der Waals surface area (Å²) in [7, 11) is 3.64. The minimum absolute atomic E-state index is 0.00722. The number of piperidine rings is 1. The van der Waals surface area contributed by atoms with Crippen molar-refractivity contribution in [2.45, 2.75) is 51.2 Å². The number of aryl methyl sites for hydroxylation is 1. The number of anilines is 1. The number of hydrogen-bond donors (Lipinski definition) is 2. The van der Waals surface area contributed by atoms with Crippen LogP contribution >= 0.6 is 0 Å². The standard InChI is InChI=1S/C35H37N7O3/c1-19(43)37-25-6-4-5-21(13-25)26-11-9-22-15-29(41(33(22)38-26)17-20-7-8-20)34-39-27-14-24(16-30(45-3)32(27)40(34)2)35(44)42-18-23-10-12-28(42)31(23)36/h4-6,9,11,13-16,20,23,28,31H,7-8,10,12,17-18,36H2,1-3H3,(H,37,43)/t23?,28?,31-/m1/s1. The fourth-order valence-electron chi connectivity index (χ4n) is 7.44. The van der Waals surface area contributed by atoms with Crippen LogP contribution in [0, 0.1) is 11.8 Å². The molecule has 2 saturated carbocycles. The zero-order chi connectivity index (χ0) is 31.0. The van der Waals surface area contributed by atoms with Gasteiger partial charge in [-0.15, -0.1) is 0 Å². The Morgan fingerprint density at radius 2 is 1.89 bits per heavy atom. The number of nitrogens with two attached hydrogens (primary N) is 1. The Morgan fingerprint density at radius 1 is 1.04 bits per heavy atom. The number of amides is 2. The zero-order valence-electron chi connectivity index (χ0n) is 25.8. The number of pyridine rings is 1. The van der Waals surface area contributed by atoms with Gasteiger partial charge >= 0.3 is 0 Å². The number of hydrogen-bond acceptors (Lipinski definition) is 6. The summed E-state index contributed by atoms with van der Waals surface area (Å²) < 4.78 is 10.2. The molecule has 10 nitrogen and oxygen atoms in total. The number of methoxy groups -OCH3 is 1. The molecular weight excluding hydrogens is 566 g/mol. The summed E-state index contributed by atoms with van der Waals surface area (Å²) in [5.74, 6) is 2.28. The number of aromatic nitrogens is 4. The topological polar surface area (TPSA) is 120 Å². The van der Waals surface area contributed by atoms with Gasteiger partial charge in [-0.2, -0.15) is 0 Å². The molecule has 3 aromatic heterocycles. The second-order valence-electron chi connectivity index (χ2n) is 12.9. The molecule has 0 spiro atoms. The van der Waals surface area contributed by atoms with Crippen LogP contribution in [0.25, 0.3) is 44.8 Å².